The average Bonchev–Trinajstić information content (AvgIpc) is 2.36. The van der Waals surface area contributed by atoms with Crippen molar-refractivity contribution in [3.63, 3.8) is 0 Å². The number of fused-ring (bicyclic) bond motifs is 1. The van der Waals surface area contributed by atoms with Crippen LogP contribution in [0.2, 0.25) is 0 Å². The van der Waals surface area contributed by atoms with Crippen LogP contribution in [0.5, 0.6) is 0 Å². The number of benzene rings is 1. The van der Waals surface area contributed by atoms with E-state index in [2.05, 4.69) is 14.9 Å². The average molecular weight is 220 g/mol. The lowest BCUT2D eigenvalue weighted by Gasteiger charge is -2.05. The minimum Gasteiger partial charge on any atom is -0.465 e. The maximum atomic E-state index is 12.7. The van der Waals surface area contributed by atoms with E-state index >= 15 is 0 Å². The van der Waals surface area contributed by atoms with E-state index in [1.54, 1.807) is 18.2 Å². The number of rotatable bonds is 2. The zero-order valence-electron chi connectivity index (χ0n) is 8.61. The first-order valence-corrected chi connectivity index (χ1v) is 4.65. The van der Waals surface area contributed by atoms with E-state index in [0.717, 1.165) is 0 Å². The molecular weight excluding hydrogens is 211 g/mol. The third-order valence-corrected chi connectivity index (χ3v) is 2.30. The van der Waals surface area contributed by atoms with E-state index in [1.807, 2.05) is 0 Å². The molecule has 2 rings (SSSR count). The Morgan fingerprint density at radius 1 is 1.50 bits per heavy atom. The van der Waals surface area contributed by atoms with Crippen molar-refractivity contribution in [2.24, 2.45) is 0 Å². The topological polar surface area (TPSA) is 52.1 Å². The smallest absolute Gasteiger partial charge is 0.340 e. The van der Waals surface area contributed by atoms with Gasteiger partial charge in [0.1, 0.15) is 6.67 Å². The molecule has 1 aromatic heterocycles. The fourth-order valence-corrected chi connectivity index (χ4v) is 1.52. The highest BCUT2D eigenvalue weighted by Gasteiger charge is 2.13. The van der Waals surface area contributed by atoms with Gasteiger partial charge in [-0.2, -0.15) is 10.2 Å². The number of methoxy groups -OCH3 is 1. The van der Waals surface area contributed by atoms with Crippen molar-refractivity contribution in [1.29, 1.82) is 0 Å². The molecule has 1 heterocycles. The molecule has 0 radical (unpaired) electrons. The summed E-state index contributed by atoms with van der Waals surface area (Å²) in [5.41, 5.74) is 1.10. The Morgan fingerprint density at radius 3 is 3.00 bits per heavy atom. The second-order valence-corrected chi connectivity index (χ2v) is 3.20. The molecule has 2 aromatic rings. The van der Waals surface area contributed by atoms with Gasteiger partial charge >= 0.3 is 5.97 Å². The third kappa shape index (κ3) is 1.60. The summed E-state index contributed by atoms with van der Waals surface area (Å²) in [7, 11) is 1.29. The minimum absolute atomic E-state index is 0.294. The summed E-state index contributed by atoms with van der Waals surface area (Å²) in [5, 5.41) is 8.06. The second-order valence-electron chi connectivity index (χ2n) is 3.20. The van der Waals surface area contributed by atoms with Crippen LogP contribution >= 0.6 is 0 Å². The third-order valence-electron chi connectivity index (χ3n) is 2.30. The van der Waals surface area contributed by atoms with E-state index in [-0.39, 0.29) is 0 Å². The molecule has 16 heavy (non-hydrogen) atoms. The lowest BCUT2D eigenvalue weighted by atomic mass is 10.1. The van der Waals surface area contributed by atoms with Crippen molar-refractivity contribution in [3.8, 4) is 0 Å². The number of hydrogen-bond acceptors (Lipinski definition) is 4. The second kappa shape index (κ2) is 4.22. The Hall–Kier alpha value is -2.04. The normalized spacial score (nSPS) is 10.4. The molecule has 5 heteroatoms. The molecule has 0 atom stereocenters. The number of aromatic nitrogens is 2. The maximum Gasteiger partial charge on any atom is 0.340 e. The minimum atomic E-state index is -0.642. The van der Waals surface area contributed by atoms with Crippen LogP contribution < -0.4 is 0 Å². The molecule has 82 valence electrons. The van der Waals surface area contributed by atoms with Gasteiger partial charge < -0.3 is 4.74 Å². The number of ether oxygens (including phenoxy) is 1. The largest absolute Gasteiger partial charge is 0.465 e. The van der Waals surface area contributed by atoms with Crippen molar-refractivity contribution in [2.75, 3.05) is 7.11 Å². The molecule has 0 aliphatic heterocycles. The SMILES string of the molecule is COC(=O)c1cnnc2c(CF)cccc12. The molecule has 1 aromatic carbocycles. The number of nitrogens with zero attached hydrogens (tertiary/aromatic N) is 2. The fourth-order valence-electron chi connectivity index (χ4n) is 1.52. The standard InChI is InChI=1S/C11H9FN2O2/c1-16-11(15)9-6-13-14-10-7(5-12)3-2-4-8(9)10/h2-4,6H,5H2,1H3. The van der Waals surface area contributed by atoms with Crippen LogP contribution in [0.3, 0.4) is 0 Å². The number of hydrogen-bond donors (Lipinski definition) is 0. The van der Waals surface area contributed by atoms with Gasteiger partial charge in [0.15, 0.2) is 0 Å². The van der Waals surface area contributed by atoms with E-state index in [0.29, 0.717) is 22.0 Å². The number of esters is 1. The molecular formula is C11H9FN2O2. The fraction of sp³-hybridized carbons (Fsp3) is 0.182. The van der Waals surface area contributed by atoms with Gasteiger partial charge in [-0.15, -0.1) is 0 Å². The highest BCUT2D eigenvalue weighted by atomic mass is 19.1. The first-order chi connectivity index (χ1) is 7.77. The van der Waals surface area contributed by atoms with Crippen LogP contribution in [0, 0.1) is 0 Å². The molecule has 0 amide bonds. The lowest BCUT2D eigenvalue weighted by Crippen LogP contribution is -2.04. The van der Waals surface area contributed by atoms with E-state index in [9.17, 15) is 9.18 Å². The number of halogens is 1. The molecule has 4 nitrogen and oxygen atoms in total. The van der Waals surface area contributed by atoms with Gasteiger partial charge in [0.05, 0.1) is 24.4 Å². The van der Waals surface area contributed by atoms with Crippen LogP contribution in [-0.4, -0.2) is 23.3 Å². The van der Waals surface area contributed by atoms with E-state index in [4.69, 9.17) is 0 Å². The van der Waals surface area contributed by atoms with Gasteiger partial charge in [-0.05, 0) is 0 Å². The molecule has 0 aliphatic rings. The van der Waals surface area contributed by atoms with Gasteiger partial charge in [0.25, 0.3) is 0 Å². The van der Waals surface area contributed by atoms with Crippen molar-refractivity contribution in [2.45, 2.75) is 6.67 Å². The highest BCUT2D eigenvalue weighted by molar-refractivity contribution is 6.03. The first-order valence-electron chi connectivity index (χ1n) is 4.65. The molecule has 0 saturated heterocycles. The summed E-state index contributed by atoms with van der Waals surface area (Å²) in [4.78, 5) is 11.4. The summed E-state index contributed by atoms with van der Waals surface area (Å²) in [6.45, 7) is -0.642. The Labute approximate surface area is 91.1 Å². The number of alkyl halides is 1. The summed E-state index contributed by atoms with van der Waals surface area (Å²) >= 11 is 0. The maximum absolute atomic E-state index is 12.7. The molecule has 0 spiro atoms. The number of carbonyl (C=O) groups excluding carboxylic acids is 1. The lowest BCUT2D eigenvalue weighted by molar-refractivity contribution is 0.0602. The van der Waals surface area contributed by atoms with Gasteiger partial charge in [-0.3, -0.25) is 0 Å². The van der Waals surface area contributed by atoms with Gasteiger partial charge in [0.2, 0.25) is 0 Å². The molecule has 0 saturated carbocycles. The van der Waals surface area contributed by atoms with E-state index in [1.165, 1.54) is 13.3 Å². The van der Waals surface area contributed by atoms with Gasteiger partial charge in [-0.25, -0.2) is 9.18 Å². The molecule has 0 bridgehead atoms. The van der Waals surface area contributed by atoms with Crippen molar-refractivity contribution in [3.05, 3.63) is 35.5 Å². The Bertz CT molecular complexity index is 542. The van der Waals surface area contributed by atoms with Crippen molar-refractivity contribution in [1.82, 2.24) is 10.2 Å². The molecule has 0 unspecified atom stereocenters. The van der Waals surface area contributed by atoms with Crippen LogP contribution in [-0.2, 0) is 11.4 Å². The zero-order valence-corrected chi connectivity index (χ0v) is 8.61. The monoisotopic (exact) mass is 220 g/mol. The molecule has 0 aliphatic carbocycles. The van der Waals surface area contributed by atoms with Crippen LogP contribution in [0.4, 0.5) is 4.39 Å². The molecule has 0 fully saturated rings. The van der Waals surface area contributed by atoms with Crippen LogP contribution in [0.15, 0.2) is 24.4 Å². The number of carbonyl (C=O) groups is 1. The summed E-state index contributed by atoms with van der Waals surface area (Å²) in [5.74, 6) is -0.504. The Balaban J connectivity index is 2.73. The summed E-state index contributed by atoms with van der Waals surface area (Å²) in [6.07, 6.45) is 1.32. The van der Waals surface area contributed by atoms with Crippen molar-refractivity contribution >= 4 is 16.9 Å². The summed E-state index contributed by atoms with van der Waals surface area (Å²) in [6, 6.07) is 4.97. The Morgan fingerprint density at radius 2 is 2.31 bits per heavy atom. The van der Waals surface area contributed by atoms with E-state index < -0.39 is 12.6 Å². The Kier molecular flexibility index (Phi) is 2.76. The summed E-state index contributed by atoms with van der Waals surface area (Å²) < 4.78 is 17.3. The predicted molar refractivity (Wildman–Crippen MR) is 55.7 cm³/mol. The molecule has 0 N–H and O–H groups in total. The first kappa shape index (κ1) is 10.5. The highest BCUT2D eigenvalue weighted by Crippen LogP contribution is 2.20. The van der Waals surface area contributed by atoms with Gasteiger partial charge in [-0.1, -0.05) is 18.2 Å². The van der Waals surface area contributed by atoms with Gasteiger partial charge in [0, 0.05) is 10.9 Å². The predicted octanol–water partition coefficient (Wildman–Crippen LogP) is 1.89. The van der Waals surface area contributed by atoms with Crippen LogP contribution in [0.25, 0.3) is 10.9 Å². The van der Waals surface area contributed by atoms with Crippen LogP contribution in [0.1, 0.15) is 15.9 Å². The quantitative estimate of drug-likeness (QED) is 0.725. The van der Waals surface area contributed by atoms with Crippen molar-refractivity contribution < 1.29 is 13.9 Å². The zero-order chi connectivity index (χ0) is 11.5.